The van der Waals surface area contributed by atoms with Crippen molar-refractivity contribution in [2.45, 2.75) is 37.5 Å². The predicted octanol–water partition coefficient (Wildman–Crippen LogP) is 2.55. The van der Waals surface area contributed by atoms with E-state index in [2.05, 4.69) is 20.5 Å². The van der Waals surface area contributed by atoms with E-state index < -0.39 is 0 Å². The molecule has 1 saturated carbocycles. The van der Waals surface area contributed by atoms with Crippen LogP contribution in [-0.2, 0) is 4.79 Å². The third-order valence-corrected chi connectivity index (χ3v) is 4.39. The Morgan fingerprint density at radius 2 is 2.15 bits per heavy atom. The van der Waals surface area contributed by atoms with Gasteiger partial charge in [0.15, 0.2) is 5.82 Å². The van der Waals surface area contributed by atoms with Crippen LogP contribution in [0.4, 0.5) is 5.82 Å². The fourth-order valence-electron chi connectivity index (χ4n) is 3.13. The van der Waals surface area contributed by atoms with E-state index in [1.165, 1.54) is 25.0 Å². The second kappa shape index (κ2) is 4.44. The largest absolute Gasteiger partial charge is 0.309 e. The van der Waals surface area contributed by atoms with E-state index in [0.717, 1.165) is 11.3 Å². The molecule has 3 heterocycles. The lowest BCUT2D eigenvalue weighted by molar-refractivity contribution is -0.116. The van der Waals surface area contributed by atoms with Gasteiger partial charge < -0.3 is 5.32 Å². The topological polar surface area (TPSA) is 70.7 Å². The average molecular weight is 268 g/mol. The Labute approximate surface area is 116 Å². The first-order chi connectivity index (χ1) is 9.83. The summed E-state index contributed by atoms with van der Waals surface area (Å²) < 4.78 is 0. The average Bonchev–Trinajstić information content (AvgIpc) is 2.80. The zero-order valence-corrected chi connectivity index (χ0v) is 11.1. The van der Waals surface area contributed by atoms with Crippen LogP contribution >= 0.6 is 0 Å². The number of pyridine rings is 1. The number of anilines is 1. The summed E-state index contributed by atoms with van der Waals surface area (Å²) in [5.41, 5.74) is 3.29. The van der Waals surface area contributed by atoms with Gasteiger partial charge in [-0.1, -0.05) is 12.5 Å². The SMILES string of the molecule is O=C1CC(c2ccccn2)c2c(n[nH]c2C2CCC2)N1. The number of H-pyrrole nitrogens is 1. The Morgan fingerprint density at radius 1 is 1.25 bits per heavy atom. The van der Waals surface area contributed by atoms with Crippen molar-refractivity contribution in [3.05, 3.63) is 41.3 Å². The minimum Gasteiger partial charge on any atom is -0.309 e. The number of aromatic amines is 1. The lowest BCUT2D eigenvalue weighted by atomic mass is 9.77. The van der Waals surface area contributed by atoms with Gasteiger partial charge in [-0.15, -0.1) is 0 Å². The lowest BCUT2D eigenvalue weighted by Gasteiger charge is -2.29. The summed E-state index contributed by atoms with van der Waals surface area (Å²) in [6, 6.07) is 5.86. The normalized spacial score (nSPS) is 22.0. The maximum absolute atomic E-state index is 11.9. The summed E-state index contributed by atoms with van der Waals surface area (Å²) in [6.45, 7) is 0. The number of amides is 1. The van der Waals surface area contributed by atoms with Gasteiger partial charge in [-0.25, -0.2) is 0 Å². The van der Waals surface area contributed by atoms with Gasteiger partial charge in [0.05, 0.1) is 0 Å². The minimum absolute atomic E-state index is 0.0137. The summed E-state index contributed by atoms with van der Waals surface area (Å²) >= 11 is 0. The van der Waals surface area contributed by atoms with E-state index in [1.807, 2.05) is 18.2 Å². The van der Waals surface area contributed by atoms with Crippen molar-refractivity contribution in [1.82, 2.24) is 15.2 Å². The van der Waals surface area contributed by atoms with Crippen LogP contribution in [0.15, 0.2) is 24.4 Å². The molecule has 0 radical (unpaired) electrons. The summed E-state index contributed by atoms with van der Waals surface area (Å²) in [5, 5.41) is 10.3. The molecule has 0 bridgehead atoms. The van der Waals surface area contributed by atoms with Crippen LogP contribution in [0.1, 0.15) is 54.5 Å². The monoisotopic (exact) mass is 268 g/mol. The van der Waals surface area contributed by atoms with Crippen LogP contribution < -0.4 is 5.32 Å². The molecule has 1 aliphatic heterocycles. The highest BCUT2D eigenvalue weighted by Gasteiger charge is 2.35. The standard InChI is InChI=1S/C15H16N4O/c20-12-8-10(11-6-1-2-7-16-11)13-14(9-4-3-5-9)18-19-15(13)17-12/h1-2,6-7,9-10H,3-5,8H2,(H2,17,18,19,20). The molecular weight excluding hydrogens is 252 g/mol. The van der Waals surface area contributed by atoms with Gasteiger partial charge >= 0.3 is 0 Å². The van der Waals surface area contributed by atoms with Crippen molar-refractivity contribution >= 4 is 11.7 Å². The van der Waals surface area contributed by atoms with E-state index in [-0.39, 0.29) is 11.8 Å². The highest BCUT2D eigenvalue weighted by atomic mass is 16.1. The molecule has 0 saturated heterocycles. The molecule has 1 unspecified atom stereocenters. The fraction of sp³-hybridized carbons (Fsp3) is 0.400. The molecule has 2 aromatic heterocycles. The van der Waals surface area contributed by atoms with Gasteiger partial charge in [-0.2, -0.15) is 5.10 Å². The fourth-order valence-corrected chi connectivity index (χ4v) is 3.13. The third-order valence-electron chi connectivity index (χ3n) is 4.39. The lowest BCUT2D eigenvalue weighted by Crippen LogP contribution is -2.25. The molecule has 0 aromatic carbocycles. The molecular formula is C15H16N4O. The number of nitrogens with one attached hydrogen (secondary N) is 2. The smallest absolute Gasteiger partial charge is 0.226 e. The van der Waals surface area contributed by atoms with Crippen molar-refractivity contribution in [3.8, 4) is 0 Å². The first kappa shape index (κ1) is 11.6. The van der Waals surface area contributed by atoms with Crippen LogP contribution in [0, 0.1) is 0 Å². The van der Waals surface area contributed by atoms with E-state index in [4.69, 9.17) is 0 Å². The Morgan fingerprint density at radius 3 is 2.85 bits per heavy atom. The molecule has 5 heteroatoms. The minimum atomic E-state index is 0.0137. The maximum atomic E-state index is 11.9. The van der Waals surface area contributed by atoms with Crippen molar-refractivity contribution in [3.63, 3.8) is 0 Å². The quantitative estimate of drug-likeness (QED) is 0.879. The van der Waals surface area contributed by atoms with E-state index in [1.54, 1.807) is 6.20 Å². The maximum Gasteiger partial charge on any atom is 0.226 e. The zero-order valence-electron chi connectivity index (χ0n) is 11.1. The molecule has 1 aliphatic carbocycles. The van der Waals surface area contributed by atoms with Crippen molar-refractivity contribution in [2.24, 2.45) is 0 Å². The van der Waals surface area contributed by atoms with Gasteiger partial charge in [-0.3, -0.25) is 14.9 Å². The van der Waals surface area contributed by atoms with Crippen molar-refractivity contribution in [2.75, 3.05) is 5.32 Å². The molecule has 5 nitrogen and oxygen atoms in total. The van der Waals surface area contributed by atoms with Gasteiger partial charge in [0.25, 0.3) is 0 Å². The molecule has 1 fully saturated rings. The first-order valence-corrected chi connectivity index (χ1v) is 7.12. The Hall–Kier alpha value is -2.17. The second-order valence-corrected chi connectivity index (χ2v) is 5.59. The number of aromatic nitrogens is 3. The molecule has 2 aromatic rings. The molecule has 1 atom stereocenters. The van der Waals surface area contributed by atoms with Gasteiger partial charge in [0.1, 0.15) is 0 Å². The third kappa shape index (κ3) is 1.73. The van der Waals surface area contributed by atoms with Crippen LogP contribution in [0.3, 0.4) is 0 Å². The highest BCUT2D eigenvalue weighted by molar-refractivity contribution is 5.94. The Kier molecular flexibility index (Phi) is 2.58. The number of fused-ring (bicyclic) bond motifs is 1. The van der Waals surface area contributed by atoms with Gasteiger partial charge in [-0.05, 0) is 25.0 Å². The van der Waals surface area contributed by atoms with Crippen LogP contribution in [0.25, 0.3) is 0 Å². The van der Waals surface area contributed by atoms with Crippen LogP contribution in [0.2, 0.25) is 0 Å². The molecule has 1 amide bonds. The number of carbonyl (C=O) groups excluding carboxylic acids is 1. The van der Waals surface area contributed by atoms with Crippen molar-refractivity contribution < 1.29 is 4.79 Å². The molecule has 102 valence electrons. The zero-order chi connectivity index (χ0) is 13.5. The summed E-state index contributed by atoms with van der Waals surface area (Å²) in [6.07, 6.45) is 5.92. The summed E-state index contributed by atoms with van der Waals surface area (Å²) in [4.78, 5) is 16.3. The molecule has 4 rings (SSSR count). The molecule has 2 N–H and O–H groups in total. The molecule has 20 heavy (non-hydrogen) atoms. The van der Waals surface area contributed by atoms with Crippen LogP contribution in [-0.4, -0.2) is 21.1 Å². The summed E-state index contributed by atoms with van der Waals surface area (Å²) in [7, 11) is 0. The predicted molar refractivity (Wildman–Crippen MR) is 74.5 cm³/mol. The number of nitrogens with zero attached hydrogens (tertiary/aromatic N) is 2. The molecule has 0 spiro atoms. The van der Waals surface area contributed by atoms with Crippen LogP contribution in [0.5, 0.6) is 0 Å². The second-order valence-electron chi connectivity index (χ2n) is 5.59. The van der Waals surface area contributed by atoms with E-state index in [0.29, 0.717) is 18.2 Å². The number of hydrogen-bond donors (Lipinski definition) is 2. The van der Waals surface area contributed by atoms with E-state index in [9.17, 15) is 4.79 Å². The number of rotatable bonds is 2. The summed E-state index contributed by atoms with van der Waals surface area (Å²) in [5.74, 6) is 1.29. The highest BCUT2D eigenvalue weighted by Crippen LogP contribution is 2.44. The van der Waals surface area contributed by atoms with Crippen molar-refractivity contribution in [1.29, 1.82) is 0 Å². The Balaban J connectivity index is 1.81. The Bertz CT molecular complexity index is 645. The van der Waals surface area contributed by atoms with E-state index >= 15 is 0 Å². The van der Waals surface area contributed by atoms with Gasteiger partial charge in [0.2, 0.25) is 5.91 Å². The van der Waals surface area contributed by atoms with Gasteiger partial charge in [0, 0.05) is 41.4 Å². The number of hydrogen-bond acceptors (Lipinski definition) is 3. The number of carbonyl (C=O) groups is 1. The molecule has 2 aliphatic rings. The first-order valence-electron chi connectivity index (χ1n) is 7.12.